The van der Waals surface area contributed by atoms with Crippen molar-refractivity contribution in [3.63, 3.8) is 0 Å². The quantitative estimate of drug-likeness (QED) is 0.828. The second kappa shape index (κ2) is 6.55. The van der Waals surface area contributed by atoms with E-state index in [0.717, 1.165) is 18.5 Å². The fourth-order valence-corrected chi connectivity index (χ4v) is 5.50. The number of benzene rings is 1. The molecule has 26 heavy (non-hydrogen) atoms. The van der Waals surface area contributed by atoms with E-state index in [1.54, 1.807) is 28.9 Å². The van der Waals surface area contributed by atoms with Crippen molar-refractivity contribution < 1.29 is 13.2 Å². The fourth-order valence-electron chi connectivity index (χ4n) is 3.29. The summed E-state index contributed by atoms with van der Waals surface area (Å²) in [6, 6.07) is 6.36. The zero-order valence-corrected chi connectivity index (χ0v) is 16.1. The third kappa shape index (κ3) is 3.75. The van der Waals surface area contributed by atoms with Gasteiger partial charge in [-0.25, -0.2) is 8.42 Å². The molecule has 1 aromatic heterocycles. The Morgan fingerprint density at radius 3 is 2.38 bits per heavy atom. The summed E-state index contributed by atoms with van der Waals surface area (Å²) in [4.78, 5) is 12.6. The van der Waals surface area contributed by atoms with Crippen molar-refractivity contribution in [2.24, 2.45) is 0 Å². The van der Waals surface area contributed by atoms with Crippen LogP contribution >= 0.6 is 23.2 Å². The Balaban J connectivity index is 1.60. The Bertz CT molecular complexity index is 963. The van der Waals surface area contributed by atoms with Gasteiger partial charge in [0, 0.05) is 27.3 Å². The summed E-state index contributed by atoms with van der Waals surface area (Å²) < 4.78 is 25.4. The minimum absolute atomic E-state index is 0.0827. The third-order valence-electron chi connectivity index (χ3n) is 4.67. The number of nitrogens with zero attached hydrogens (tertiary/aromatic N) is 2. The predicted molar refractivity (Wildman–Crippen MR) is 101 cm³/mol. The van der Waals surface area contributed by atoms with Crippen LogP contribution in [0.15, 0.2) is 24.3 Å². The van der Waals surface area contributed by atoms with Crippen LogP contribution in [0.25, 0.3) is 0 Å². The van der Waals surface area contributed by atoms with Crippen molar-refractivity contribution in [1.82, 2.24) is 9.78 Å². The van der Waals surface area contributed by atoms with Crippen molar-refractivity contribution in [3.05, 3.63) is 45.7 Å². The molecule has 6 nitrogen and oxygen atoms in total. The molecule has 4 rings (SSSR count). The number of halogens is 2. The summed E-state index contributed by atoms with van der Waals surface area (Å²) in [5.41, 5.74) is 1.70. The van der Waals surface area contributed by atoms with Gasteiger partial charge in [0.15, 0.2) is 15.5 Å². The van der Waals surface area contributed by atoms with E-state index < -0.39 is 9.84 Å². The van der Waals surface area contributed by atoms with E-state index in [1.165, 1.54) is 0 Å². The maximum Gasteiger partial charge on any atom is 0.276 e. The van der Waals surface area contributed by atoms with Crippen LogP contribution in [0.3, 0.4) is 0 Å². The van der Waals surface area contributed by atoms with Gasteiger partial charge in [-0.2, -0.15) is 5.10 Å². The molecule has 1 atom stereocenters. The summed E-state index contributed by atoms with van der Waals surface area (Å²) in [5.74, 6) is 0.238. The average Bonchev–Trinajstić information content (AvgIpc) is 3.18. The molecule has 0 bridgehead atoms. The molecule has 2 heterocycles. The van der Waals surface area contributed by atoms with E-state index in [1.807, 2.05) is 0 Å². The number of hydrogen-bond acceptors (Lipinski definition) is 4. The minimum Gasteiger partial charge on any atom is -0.320 e. The lowest BCUT2D eigenvalue weighted by Crippen LogP contribution is -2.17. The normalized spacial score (nSPS) is 21.7. The standard InChI is InChI=1S/C17H17Cl2N3O3S/c18-11-5-12(19)7-13(6-11)20-17(23)15-8-16(10-1-2-10)22(21-15)14-3-4-26(24,25)9-14/h5-8,10,14H,1-4,9H2,(H,20,23). The predicted octanol–water partition coefficient (Wildman–Crippen LogP) is 3.68. The molecule has 1 unspecified atom stereocenters. The van der Waals surface area contributed by atoms with E-state index in [-0.39, 0.29) is 29.1 Å². The lowest BCUT2D eigenvalue weighted by molar-refractivity contribution is 0.102. The second-order valence-electron chi connectivity index (χ2n) is 6.84. The van der Waals surface area contributed by atoms with E-state index in [9.17, 15) is 13.2 Å². The van der Waals surface area contributed by atoms with Crippen LogP contribution in [0, 0.1) is 0 Å². The molecule has 1 aromatic carbocycles. The molecule has 138 valence electrons. The Morgan fingerprint density at radius 1 is 1.12 bits per heavy atom. The highest BCUT2D eigenvalue weighted by Crippen LogP contribution is 2.42. The van der Waals surface area contributed by atoms with Gasteiger partial charge in [-0.05, 0) is 43.5 Å². The van der Waals surface area contributed by atoms with Gasteiger partial charge in [0.25, 0.3) is 5.91 Å². The van der Waals surface area contributed by atoms with Crippen LogP contribution in [0.5, 0.6) is 0 Å². The van der Waals surface area contributed by atoms with Crippen molar-refractivity contribution in [2.45, 2.75) is 31.2 Å². The molecule has 1 saturated heterocycles. The number of aromatic nitrogens is 2. The molecule has 1 saturated carbocycles. The highest BCUT2D eigenvalue weighted by atomic mass is 35.5. The molecule has 1 N–H and O–H groups in total. The summed E-state index contributed by atoms with van der Waals surface area (Å²) in [6.07, 6.45) is 2.61. The van der Waals surface area contributed by atoms with E-state index >= 15 is 0 Å². The van der Waals surface area contributed by atoms with Gasteiger partial charge < -0.3 is 5.32 Å². The molecule has 2 aliphatic rings. The Hall–Kier alpha value is -1.57. The van der Waals surface area contributed by atoms with Crippen molar-refractivity contribution in [2.75, 3.05) is 16.8 Å². The van der Waals surface area contributed by atoms with Crippen molar-refractivity contribution in [3.8, 4) is 0 Å². The van der Waals surface area contributed by atoms with Crippen molar-refractivity contribution >= 4 is 44.6 Å². The first kappa shape index (κ1) is 17.8. The van der Waals surface area contributed by atoms with Crippen LogP contribution in [0.2, 0.25) is 10.0 Å². The average molecular weight is 414 g/mol. The summed E-state index contributed by atoms with van der Waals surface area (Å²) >= 11 is 11.9. The summed E-state index contributed by atoms with van der Waals surface area (Å²) in [5, 5.41) is 8.03. The molecule has 1 aliphatic carbocycles. The van der Waals surface area contributed by atoms with Crippen LogP contribution in [-0.4, -0.2) is 35.6 Å². The number of amides is 1. The lowest BCUT2D eigenvalue weighted by Gasteiger charge is -2.12. The smallest absolute Gasteiger partial charge is 0.276 e. The highest BCUT2D eigenvalue weighted by Gasteiger charge is 2.36. The van der Waals surface area contributed by atoms with Gasteiger partial charge in [-0.15, -0.1) is 0 Å². The molecule has 0 spiro atoms. The minimum atomic E-state index is -3.03. The van der Waals surface area contributed by atoms with Gasteiger partial charge in [0.05, 0.1) is 17.5 Å². The summed E-state index contributed by atoms with van der Waals surface area (Å²) in [7, 11) is -3.03. The number of sulfone groups is 1. The first-order valence-electron chi connectivity index (χ1n) is 8.38. The topological polar surface area (TPSA) is 81.1 Å². The Kier molecular flexibility index (Phi) is 4.49. The summed E-state index contributed by atoms with van der Waals surface area (Å²) in [6.45, 7) is 0. The third-order valence-corrected chi connectivity index (χ3v) is 6.85. The molecule has 1 aliphatic heterocycles. The zero-order valence-electron chi connectivity index (χ0n) is 13.8. The van der Waals surface area contributed by atoms with Crippen LogP contribution in [0.1, 0.15) is 47.4 Å². The largest absolute Gasteiger partial charge is 0.320 e. The molecule has 1 amide bonds. The Labute approximate surface area is 161 Å². The van der Waals surface area contributed by atoms with Gasteiger partial charge in [-0.3, -0.25) is 9.48 Å². The SMILES string of the molecule is O=C(Nc1cc(Cl)cc(Cl)c1)c1cc(C2CC2)n(C2CCS(=O)(=O)C2)n1. The van der Waals surface area contributed by atoms with E-state index in [2.05, 4.69) is 10.4 Å². The van der Waals surface area contributed by atoms with Crippen LogP contribution < -0.4 is 5.32 Å². The monoisotopic (exact) mass is 413 g/mol. The van der Waals surface area contributed by atoms with Crippen LogP contribution in [0.4, 0.5) is 5.69 Å². The van der Waals surface area contributed by atoms with Gasteiger partial charge in [-0.1, -0.05) is 23.2 Å². The van der Waals surface area contributed by atoms with Gasteiger partial charge >= 0.3 is 0 Å². The first-order valence-corrected chi connectivity index (χ1v) is 11.0. The van der Waals surface area contributed by atoms with E-state index in [4.69, 9.17) is 23.2 Å². The fraction of sp³-hybridized carbons (Fsp3) is 0.412. The number of rotatable bonds is 4. The first-order chi connectivity index (χ1) is 12.3. The lowest BCUT2D eigenvalue weighted by atomic mass is 10.2. The highest BCUT2D eigenvalue weighted by molar-refractivity contribution is 7.91. The molecule has 2 fully saturated rings. The van der Waals surface area contributed by atoms with Gasteiger partial charge in [0.2, 0.25) is 0 Å². The maximum absolute atomic E-state index is 12.6. The molecule has 2 aromatic rings. The number of hydrogen-bond donors (Lipinski definition) is 1. The number of nitrogens with one attached hydrogen (secondary N) is 1. The second-order valence-corrected chi connectivity index (χ2v) is 9.94. The number of carbonyl (C=O) groups is 1. The molecule has 9 heteroatoms. The zero-order chi connectivity index (χ0) is 18.5. The van der Waals surface area contributed by atoms with Gasteiger partial charge in [0.1, 0.15) is 0 Å². The number of anilines is 1. The van der Waals surface area contributed by atoms with E-state index in [0.29, 0.717) is 28.1 Å². The molecular weight excluding hydrogens is 397 g/mol. The Morgan fingerprint density at radius 2 is 1.81 bits per heavy atom. The van der Waals surface area contributed by atoms with Crippen molar-refractivity contribution in [1.29, 1.82) is 0 Å². The molecular formula is C17H17Cl2N3O3S. The van der Waals surface area contributed by atoms with Crippen LogP contribution in [-0.2, 0) is 9.84 Å². The maximum atomic E-state index is 12.6. The molecule has 0 radical (unpaired) electrons. The number of carbonyl (C=O) groups excluding carboxylic acids is 1.